The molecule has 1 heterocycles. The zero-order valence-corrected chi connectivity index (χ0v) is 16.8. The Morgan fingerprint density at radius 1 is 0.964 bits per heavy atom. The maximum atomic E-state index is 12.5. The van der Waals surface area contributed by atoms with Gasteiger partial charge >= 0.3 is 0 Å². The summed E-state index contributed by atoms with van der Waals surface area (Å²) in [6, 6.07) is 13.0. The van der Waals surface area contributed by atoms with Gasteiger partial charge in [-0.2, -0.15) is 0 Å². The van der Waals surface area contributed by atoms with Crippen LogP contribution >= 0.6 is 0 Å². The number of para-hydroxylation sites is 1. The summed E-state index contributed by atoms with van der Waals surface area (Å²) in [5.41, 5.74) is 3.30. The molecule has 0 radical (unpaired) electrons. The number of nitrogens with zero attached hydrogens (tertiary/aromatic N) is 1. The first kappa shape index (κ1) is 19.9. The van der Waals surface area contributed by atoms with E-state index in [-0.39, 0.29) is 11.8 Å². The molecule has 0 spiro atoms. The van der Waals surface area contributed by atoms with Gasteiger partial charge in [-0.25, -0.2) is 0 Å². The molecule has 2 aromatic carbocycles. The van der Waals surface area contributed by atoms with E-state index >= 15 is 0 Å². The number of aryl methyl sites for hydroxylation is 2. The van der Waals surface area contributed by atoms with Crippen molar-refractivity contribution in [3.05, 3.63) is 59.2 Å². The fourth-order valence-electron chi connectivity index (χ4n) is 3.43. The Bertz CT molecular complexity index is 819. The summed E-state index contributed by atoms with van der Waals surface area (Å²) in [6.45, 7) is 7.31. The molecule has 3 rings (SSSR count). The summed E-state index contributed by atoms with van der Waals surface area (Å²) in [7, 11) is 0. The maximum absolute atomic E-state index is 12.5. The van der Waals surface area contributed by atoms with Gasteiger partial charge in [-0.15, -0.1) is 0 Å². The zero-order chi connectivity index (χ0) is 20.1. The molecule has 1 saturated heterocycles. The lowest BCUT2D eigenvalue weighted by Crippen LogP contribution is -2.35. The number of carbonyl (C=O) groups excluding carboxylic acids is 2. The highest BCUT2D eigenvalue weighted by molar-refractivity contribution is 5.97. The molecular weight excluding hydrogens is 352 g/mol. The molecule has 0 bridgehead atoms. The van der Waals surface area contributed by atoms with Gasteiger partial charge in [0.25, 0.3) is 11.8 Å². The standard InChI is InChI=1S/C23H28N2O3/c1-16-8-7-9-17(2)21(16)28-18(3)22(26)24-20-12-10-19(11-13-20)23(27)25-14-5-4-6-15-25/h7-13,18H,4-6,14-15H2,1-3H3,(H,24,26). The second-order valence-electron chi connectivity index (χ2n) is 7.40. The van der Waals surface area contributed by atoms with Crippen molar-refractivity contribution >= 4 is 17.5 Å². The molecule has 2 aromatic rings. The summed E-state index contributed by atoms with van der Waals surface area (Å²) in [4.78, 5) is 26.9. The Kier molecular flexibility index (Phi) is 6.34. The zero-order valence-electron chi connectivity index (χ0n) is 16.8. The Balaban J connectivity index is 1.60. The van der Waals surface area contributed by atoms with Gasteiger partial charge in [0, 0.05) is 24.3 Å². The van der Waals surface area contributed by atoms with Crippen molar-refractivity contribution in [3.63, 3.8) is 0 Å². The van der Waals surface area contributed by atoms with Crippen LogP contribution in [0.1, 0.15) is 47.7 Å². The first-order valence-corrected chi connectivity index (χ1v) is 9.89. The fourth-order valence-corrected chi connectivity index (χ4v) is 3.43. The lowest BCUT2D eigenvalue weighted by atomic mass is 10.1. The van der Waals surface area contributed by atoms with Crippen LogP contribution in [0.25, 0.3) is 0 Å². The molecule has 0 saturated carbocycles. The molecule has 0 aromatic heterocycles. The van der Waals surface area contributed by atoms with Crippen molar-refractivity contribution in [1.82, 2.24) is 4.90 Å². The molecule has 1 aliphatic heterocycles. The molecule has 1 fully saturated rings. The SMILES string of the molecule is Cc1cccc(C)c1OC(C)C(=O)Nc1ccc(C(=O)N2CCCCC2)cc1. The molecule has 28 heavy (non-hydrogen) atoms. The molecule has 1 N–H and O–H groups in total. The van der Waals surface area contributed by atoms with E-state index in [1.54, 1.807) is 31.2 Å². The summed E-state index contributed by atoms with van der Waals surface area (Å²) < 4.78 is 5.88. The van der Waals surface area contributed by atoms with E-state index in [9.17, 15) is 9.59 Å². The number of benzene rings is 2. The van der Waals surface area contributed by atoms with Gasteiger partial charge in [0.1, 0.15) is 5.75 Å². The van der Waals surface area contributed by atoms with Gasteiger partial charge in [0.05, 0.1) is 0 Å². The number of anilines is 1. The minimum absolute atomic E-state index is 0.0595. The number of hydrogen-bond acceptors (Lipinski definition) is 3. The minimum Gasteiger partial charge on any atom is -0.480 e. The number of carbonyl (C=O) groups is 2. The van der Waals surface area contributed by atoms with Crippen LogP contribution in [0.2, 0.25) is 0 Å². The third-order valence-electron chi connectivity index (χ3n) is 5.12. The Morgan fingerprint density at radius 3 is 2.18 bits per heavy atom. The largest absolute Gasteiger partial charge is 0.480 e. The second kappa shape index (κ2) is 8.91. The van der Waals surface area contributed by atoms with Crippen molar-refractivity contribution in [2.75, 3.05) is 18.4 Å². The molecule has 148 valence electrons. The fraction of sp³-hybridized carbons (Fsp3) is 0.391. The number of hydrogen-bond donors (Lipinski definition) is 1. The molecule has 0 aliphatic carbocycles. The number of ether oxygens (including phenoxy) is 1. The molecular formula is C23H28N2O3. The third-order valence-corrected chi connectivity index (χ3v) is 5.12. The molecule has 1 atom stereocenters. The highest BCUT2D eigenvalue weighted by atomic mass is 16.5. The van der Waals surface area contributed by atoms with Crippen molar-refractivity contribution < 1.29 is 14.3 Å². The van der Waals surface area contributed by atoms with Crippen LogP contribution in [0.15, 0.2) is 42.5 Å². The van der Waals surface area contributed by atoms with Crippen molar-refractivity contribution in [2.24, 2.45) is 0 Å². The van der Waals surface area contributed by atoms with Gasteiger partial charge in [-0.1, -0.05) is 18.2 Å². The first-order chi connectivity index (χ1) is 13.5. The van der Waals surface area contributed by atoms with Crippen molar-refractivity contribution in [1.29, 1.82) is 0 Å². The Labute approximate surface area is 166 Å². The summed E-state index contributed by atoms with van der Waals surface area (Å²) in [5.74, 6) is 0.578. The number of likely N-dealkylation sites (tertiary alicyclic amines) is 1. The average molecular weight is 380 g/mol. The predicted octanol–water partition coefficient (Wildman–Crippen LogP) is 4.34. The lowest BCUT2D eigenvalue weighted by Gasteiger charge is -2.26. The lowest BCUT2D eigenvalue weighted by molar-refractivity contribution is -0.122. The Morgan fingerprint density at radius 2 is 1.57 bits per heavy atom. The smallest absolute Gasteiger partial charge is 0.265 e. The molecule has 1 aliphatic rings. The van der Waals surface area contributed by atoms with Crippen LogP contribution in [-0.2, 0) is 4.79 Å². The summed E-state index contributed by atoms with van der Waals surface area (Å²) >= 11 is 0. The molecule has 1 unspecified atom stereocenters. The predicted molar refractivity (Wildman–Crippen MR) is 111 cm³/mol. The summed E-state index contributed by atoms with van der Waals surface area (Å²) in [5, 5.41) is 2.86. The van der Waals surface area contributed by atoms with Crippen molar-refractivity contribution in [2.45, 2.75) is 46.1 Å². The normalized spacial score (nSPS) is 15.0. The van der Waals surface area contributed by atoms with Crippen LogP contribution in [0.5, 0.6) is 5.75 Å². The molecule has 2 amide bonds. The van der Waals surface area contributed by atoms with Crippen LogP contribution in [-0.4, -0.2) is 35.9 Å². The van der Waals surface area contributed by atoms with E-state index in [0.29, 0.717) is 11.3 Å². The topological polar surface area (TPSA) is 58.6 Å². The van der Waals surface area contributed by atoms with Gasteiger partial charge in [-0.05, 0) is 75.4 Å². The number of nitrogens with one attached hydrogen (secondary N) is 1. The first-order valence-electron chi connectivity index (χ1n) is 9.89. The number of rotatable bonds is 5. The van der Waals surface area contributed by atoms with Gasteiger partial charge in [-0.3, -0.25) is 9.59 Å². The highest BCUT2D eigenvalue weighted by Crippen LogP contribution is 2.24. The van der Waals surface area contributed by atoms with Crippen LogP contribution < -0.4 is 10.1 Å². The van der Waals surface area contributed by atoms with Gasteiger partial charge in [0.2, 0.25) is 0 Å². The molecule has 5 nitrogen and oxygen atoms in total. The van der Waals surface area contributed by atoms with E-state index < -0.39 is 6.10 Å². The van der Waals surface area contributed by atoms with E-state index in [1.165, 1.54) is 6.42 Å². The van der Waals surface area contributed by atoms with Gasteiger partial charge < -0.3 is 15.0 Å². The minimum atomic E-state index is -0.630. The van der Waals surface area contributed by atoms with E-state index in [2.05, 4.69) is 5.32 Å². The number of piperidine rings is 1. The quantitative estimate of drug-likeness (QED) is 0.840. The van der Waals surface area contributed by atoms with E-state index in [4.69, 9.17) is 4.74 Å². The van der Waals surface area contributed by atoms with E-state index in [0.717, 1.165) is 42.8 Å². The molecule has 5 heteroatoms. The van der Waals surface area contributed by atoms with E-state index in [1.807, 2.05) is 36.9 Å². The van der Waals surface area contributed by atoms with Crippen LogP contribution in [0.4, 0.5) is 5.69 Å². The second-order valence-corrected chi connectivity index (χ2v) is 7.40. The van der Waals surface area contributed by atoms with Crippen LogP contribution in [0, 0.1) is 13.8 Å². The third kappa shape index (κ3) is 4.71. The highest BCUT2D eigenvalue weighted by Gasteiger charge is 2.19. The van der Waals surface area contributed by atoms with Crippen LogP contribution in [0.3, 0.4) is 0 Å². The van der Waals surface area contributed by atoms with Crippen molar-refractivity contribution in [3.8, 4) is 5.75 Å². The summed E-state index contributed by atoms with van der Waals surface area (Å²) in [6.07, 6.45) is 2.70. The van der Waals surface area contributed by atoms with Gasteiger partial charge in [0.15, 0.2) is 6.10 Å². The number of amides is 2. The Hall–Kier alpha value is -2.82. The monoisotopic (exact) mass is 380 g/mol. The maximum Gasteiger partial charge on any atom is 0.265 e. The average Bonchev–Trinajstić information content (AvgIpc) is 2.71.